The Balaban J connectivity index is 2.12. The first-order valence-electron chi connectivity index (χ1n) is 9.27. The summed E-state index contributed by atoms with van der Waals surface area (Å²) in [5.41, 5.74) is 2.96. The number of carbonyl (C=O) groups excluding carboxylic acids is 3. The van der Waals surface area contributed by atoms with Crippen LogP contribution in [-0.2, 0) is 14.3 Å². The summed E-state index contributed by atoms with van der Waals surface area (Å²) in [6.07, 6.45) is 0.697. The van der Waals surface area contributed by atoms with Crippen LogP contribution in [0.2, 0.25) is 0 Å². The fourth-order valence-electron chi connectivity index (χ4n) is 3.23. The SMILES string of the molecule is COC(=O)NC(C(=O)N1CCCC1C(=O)Nc1ccc(C)c(C)c1)C(C)C. The number of benzene rings is 1. The van der Waals surface area contributed by atoms with Gasteiger partial charge in [-0.1, -0.05) is 19.9 Å². The van der Waals surface area contributed by atoms with Crippen LogP contribution in [-0.4, -0.2) is 48.5 Å². The standard InChI is InChI=1S/C20H29N3O4/c1-12(2)17(22-20(26)27-5)19(25)23-10-6-7-16(23)18(24)21-15-9-8-13(3)14(4)11-15/h8-9,11-12,16-17H,6-7,10H2,1-5H3,(H,21,24)(H,22,26). The third-order valence-electron chi connectivity index (χ3n) is 5.00. The lowest BCUT2D eigenvalue weighted by Crippen LogP contribution is -2.54. The predicted molar refractivity (Wildman–Crippen MR) is 103 cm³/mol. The lowest BCUT2D eigenvalue weighted by Gasteiger charge is -2.30. The molecule has 0 bridgehead atoms. The van der Waals surface area contributed by atoms with E-state index in [4.69, 9.17) is 0 Å². The van der Waals surface area contributed by atoms with Crippen molar-refractivity contribution in [1.82, 2.24) is 10.2 Å². The maximum absolute atomic E-state index is 13.0. The van der Waals surface area contributed by atoms with Crippen LogP contribution in [0.15, 0.2) is 18.2 Å². The highest BCUT2D eigenvalue weighted by atomic mass is 16.5. The van der Waals surface area contributed by atoms with Gasteiger partial charge in [0, 0.05) is 12.2 Å². The van der Waals surface area contributed by atoms with Gasteiger partial charge in [-0.05, 0) is 55.9 Å². The summed E-state index contributed by atoms with van der Waals surface area (Å²) in [6.45, 7) is 8.19. The Morgan fingerprint density at radius 2 is 1.89 bits per heavy atom. The van der Waals surface area contributed by atoms with Crippen LogP contribution in [0.5, 0.6) is 0 Å². The van der Waals surface area contributed by atoms with Gasteiger partial charge in [0.25, 0.3) is 0 Å². The van der Waals surface area contributed by atoms with Crippen molar-refractivity contribution in [2.24, 2.45) is 5.92 Å². The van der Waals surface area contributed by atoms with E-state index in [1.807, 2.05) is 45.9 Å². The lowest BCUT2D eigenvalue weighted by molar-refractivity contribution is -0.139. The minimum atomic E-state index is -0.729. The van der Waals surface area contributed by atoms with Gasteiger partial charge in [0.15, 0.2) is 0 Å². The molecule has 2 unspecified atom stereocenters. The van der Waals surface area contributed by atoms with E-state index in [1.54, 1.807) is 4.90 Å². The van der Waals surface area contributed by atoms with Gasteiger partial charge in [0.05, 0.1) is 7.11 Å². The van der Waals surface area contributed by atoms with Crippen molar-refractivity contribution in [3.8, 4) is 0 Å². The van der Waals surface area contributed by atoms with Crippen LogP contribution in [0, 0.1) is 19.8 Å². The summed E-state index contributed by atoms with van der Waals surface area (Å²) in [5.74, 6) is -0.585. The number of ether oxygens (including phenoxy) is 1. The number of methoxy groups -OCH3 is 1. The van der Waals surface area contributed by atoms with Crippen LogP contribution in [0.3, 0.4) is 0 Å². The first kappa shape index (κ1) is 20.7. The Kier molecular flexibility index (Phi) is 6.82. The van der Waals surface area contributed by atoms with Crippen molar-refractivity contribution in [3.05, 3.63) is 29.3 Å². The van der Waals surface area contributed by atoms with E-state index in [1.165, 1.54) is 7.11 Å². The number of carbonyl (C=O) groups is 3. The molecule has 1 saturated heterocycles. The molecule has 1 fully saturated rings. The minimum absolute atomic E-state index is 0.124. The zero-order valence-corrected chi connectivity index (χ0v) is 16.7. The molecule has 1 heterocycles. The number of rotatable bonds is 5. The van der Waals surface area contributed by atoms with Gasteiger partial charge in [-0.15, -0.1) is 0 Å². The molecule has 2 atom stereocenters. The van der Waals surface area contributed by atoms with Crippen molar-refractivity contribution < 1.29 is 19.1 Å². The van der Waals surface area contributed by atoms with Gasteiger partial charge in [-0.25, -0.2) is 4.79 Å². The van der Waals surface area contributed by atoms with Crippen LogP contribution >= 0.6 is 0 Å². The van der Waals surface area contributed by atoms with Crippen molar-refractivity contribution in [2.45, 2.75) is 52.6 Å². The smallest absolute Gasteiger partial charge is 0.407 e. The van der Waals surface area contributed by atoms with E-state index in [2.05, 4.69) is 15.4 Å². The molecule has 3 amide bonds. The normalized spacial score (nSPS) is 17.6. The quantitative estimate of drug-likeness (QED) is 0.828. The topological polar surface area (TPSA) is 87.7 Å². The van der Waals surface area contributed by atoms with E-state index in [0.29, 0.717) is 13.0 Å². The molecule has 148 valence electrons. The Hall–Kier alpha value is -2.57. The van der Waals surface area contributed by atoms with Crippen molar-refractivity contribution in [3.63, 3.8) is 0 Å². The largest absolute Gasteiger partial charge is 0.453 e. The molecule has 7 heteroatoms. The second-order valence-corrected chi connectivity index (χ2v) is 7.34. The number of nitrogens with one attached hydrogen (secondary N) is 2. The minimum Gasteiger partial charge on any atom is -0.453 e. The zero-order valence-electron chi connectivity index (χ0n) is 16.7. The molecular formula is C20H29N3O4. The van der Waals surface area contributed by atoms with E-state index < -0.39 is 18.2 Å². The molecule has 0 aliphatic carbocycles. The monoisotopic (exact) mass is 375 g/mol. The first-order valence-corrected chi connectivity index (χ1v) is 9.27. The van der Waals surface area contributed by atoms with Crippen LogP contribution in [0.4, 0.5) is 10.5 Å². The van der Waals surface area contributed by atoms with Gasteiger partial charge in [-0.2, -0.15) is 0 Å². The number of nitrogens with zero attached hydrogens (tertiary/aromatic N) is 1. The molecule has 0 saturated carbocycles. The molecule has 2 rings (SSSR count). The number of hydrogen-bond donors (Lipinski definition) is 2. The second kappa shape index (κ2) is 8.88. The summed E-state index contributed by atoms with van der Waals surface area (Å²) in [6, 6.07) is 4.46. The van der Waals surface area contributed by atoms with E-state index in [9.17, 15) is 14.4 Å². The fraction of sp³-hybridized carbons (Fsp3) is 0.550. The second-order valence-electron chi connectivity index (χ2n) is 7.34. The van der Waals surface area contributed by atoms with E-state index in [0.717, 1.165) is 23.2 Å². The van der Waals surface area contributed by atoms with E-state index >= 15 is 0 Å². The molecule has 1 aliphatic heterocycles. The number of aryl methyl sites for hydroxylation is 2. The Labute approximate surface area is 160 Å². The van der Waals surface area contributed by atoms with Crippen LogP contribution in [0.25, 0.3) is 0 Å². The van der Waals surface area contributed by atoms with Crippen LogP contribution < -0.4 is 10.6 Å². The summed E-state index contributed by atoms with van der Waals surface area (Å²) in [4.78, 5) is 38.9. The van der Waals surface area contributed by atoms with E-state index in [-0.39, 0.29) is 17.7 Å². The highest BCUT2D eigenvalue weighted by molar-refractivity contribution is 5.98. The van der Waals surface area contributed by atoms with Gasteiger partial charge >= 0.3 is 6.09 Å². The fourth-order valence-corrected chi connectivity index (χ4v) is 3.23. The van der Waals surface area contributed by atoms with Crippen LogP contribution in [0.1, 0.15) is 37.8 Å². The average molecular weight is 375 g/mol. The number of alkyl carbamates (subject to hydrolysis) is 1. The predicted octanol–water partition coefficient (Wildman–Crippen LogP) is 2.61. The van der Waals surface area contributed by atoms with Gasteiger partial charge in [0.2, 0.25) is 11.8 Å². The third kappa shape index (κ3) is 4.99. The molecular weight excluding hydrogens is 346 g/mol. The summed E-state index contributed by atoms with van der Waals surface area (Å²) >= 11 is 0. The van der Waals surface area contributed by atoms with Gasteiger partial charge in [-0.3, -0.25) is 9.59 Å². The van der Waals surface area contributed by atoms with Gasteiger partial charge in [0.1, 0.15) is 12.1 Å². The number of hydrogen-bond acceptors (Lipinski definition) is 4. The molecule has 7 nitrogen and oxygen atoms in total. The number of amides is 3. The van der Waals surface area contributed by atoms with Gasteiger partial charge < -0.3 is 20.3 Å². The molecule has 1 aliphatic rings. The molecule has 0 spiro atoms. The average Bonchev–Trinajstić information content (AvgIpc) is 3.11. The summed E-state index contributed by atoms with van der Waals surface area (Å²) in [7, 11) is 1.26. The number of likely N-dealkylation sites (tertiary alicyclic amines) is 1. The Morgan fingerprint density at radius 1 is 1.19 bits per heavy atom. The molecule has 0 aromatic heterocycles. The molecule has 1 aromatic carbocycles. The third-order valence-corrected chi connectivity index (χ3v) is 5.00. The first-order chi connectivity index (χ1) is 12.7. The highest BCUT2D eigenvalue weighted by Crippen LogP contribution is 2.22. The molecule has 1 aromatic rings. The van der Waals surface area contributed by atoms with Crippen molar-refractivity contribution in [1.29, 1.82) is 0 Å². The maximum atomic E-state index is 13.0. The molecule has 2 N–H and O–H groups in total. The molecule has 0 radical (unpaired) electrons. The number of anilines is 1. The highest BCUT2D eigenvalue weighted by Gasteiger charge is 2.38. The molecule has 27 heavy (non-hydrogen) atoms. The van der Waals surface area contributed by atoms with Crippen molar-refractivity contribution in [2.75, 3.05) is 19.0 Å². The lowest BCUT2D eigenvalue weighted by atomic mass is 10.0. The van der Waals surface area contributed by atoms with Crippen molar-refractivity contribution >= 4 is 23.6 Å². The zero-order chi connectivity index (χ0) is 20.1. The Bertz CT molecular complexity index is 717. The maximum Gasteiger partial charge on any atom is 0.407 e. The summed E-state index contributed by atoms with van der Waals surface area (Å²) < 4.78 is 4.62. The summed E-state index contributed by atoms with van der Waals surface area (Å²) in [5, 5.41) is 5.49. The Morgan fingerprint density at radius 3 is 2.48 bits per heavy atom.